The molecule has 0 saturated carbocycles. The molecule has 1 unspecified atom stereocenters. The summed E-state index contributed by atoms with van der Waals surface area (Å²) in [6, 6.07) is 1.76. The van der Waals surface area contributed by atoms with Crippen molar-refractivity contribution in [2.45, 2.75) is 18.4 Å². The van der Waals surface area contributed by atoms with Crippen molar-refractivity contribution < 1.29 is 14.2 Å². The van der Waals surface area contributed by atoms with Gasteiger partial charge in [0.05, 0.1) is 26.0 Å². The molecule has 0 bridgehead atoms. The van der Waals surface area contributed by atoms with E-state index in [2.05, 4.69) is 4.98 Å². The van der Waals surface area contributed by atoms with Gasteiger partial charge in [0.1, 0.15) is 16.5 Å². The van der Waals surface area contributed by atoms with Crippen LogP contribution in [-0.4, -0.2) is 31.9 Å². The minimum absolute atomic E-state index is 0.411. The summed E-state index contributed by atoms with van der Waals surface area (Å²) in [7, 11) is 1.65. The molecule has 1 aromatic rings. The largest absolute Gasteiger partial charge is 0.496 e. The topological polar surface area (TPSA) is 40.6 Å². The quantitative estimate of drug-likeness (QED) is 0.719. The maximum atomic E-state index is 6.03. The van der Waals surface area contributed by atoms with Gasteiger partial charge in [-0.25, -0.2) is 4.98 Å². The number of rotatable bonds is 1. The molecule has 17 heavy (non-hydrogen) atoms. The van der Waals surface area contributed by atoms with Gasteiger partial charge < -0.3 is 14.2 Å². The monoisotopic (exact) mass is 255 g/mol. The minimum atomic E-state index is -0.411. The standard InChI is InChI=1S/C12H14ClNO3/c1-15-9-6-10(13)14-11-8(9)2-4-17-12(11)3-5-16-7-12/h6H,2-5,7H2,1H3. The fourth-order valence-corrected chi connectivity index (χ4v) is 2.77. The second-order valence-corrected chi connectivity index (χ2v) is 4.76. The van der Waals surface area contributed by atoms with Gasteiger partial charge in [-0.15, -0.1) is 0 Å². The second-order valence-electron chi connectivity index (χ2n) is 4.37. The third-order valence-electron chi connectivity index (χ3n) is 3.42. The van der Waals surface area contributed by atoms with Crippen LogP contribution in [0.1, 0.15) is 17.7 Å². The average Bonchev–Trinajstić information content (AvgIpc) is 2.79. The number of aromatic nitrogens is 1. The summed E-state index contributed by atoms with van der Waals surface area (Å²) < 4.78 is 16.7. The molecule has 92 valence electrons. The number of fused-ring (bicyclic) bond motifs is 2. The summed E-state index contributed by atoms with van der Waals surface area (Å²) >= 11 is 6.03. The molecule has 2 aliphatic heterocycles. The highest BCUT2D eigenvalue weighted by atomic mass is 35.5. The Balaban J connectivity index is 2.16. The Kier molecular flexibility index (Phi) is 2.73. The minimum Gasteiger partial charge on any atom is -0.496 e. The Bertz CT molecular complexity index is 444. The van der Waals surface area contributed by atoms with Crippen LogP contribution in [0.5, 0.6) is 5.75 Å². The van der Waals surface area contributed by atoms with Crippen molar-refractivity contribution in [2.75, 3.05) is 26.9 Å². The van der Waals surface area contributed by atoms with Gasteiger partial charge in [-0.3, -0.25) is 0 Å². The van der Waals surface area contributed by atoms with Crippen LogP contribution < -0.4 is 4.74 Å². The number of halogens is 1. The van der Waals surface area contributed by atoms with Gasteiger partial charge in [0, 0.05) is 31.1 Å². The molecule has 0 aromatic carbocycles. The van der Waals surface area contributed by atoms with Crippen LogP contribution in [0, 0.1) is 0 Å². The highest BCUT2D eigenvalue weighted by Crippen LogP contribution is 2.42. The first-order chi connectivity index (χ1) is 8.25. The first-order valence-electron chi connectivity index (χ1n) is 5.71. The number of ether oxygens (including phenoxy) is 3. The van der Waals surface area contributed by atoms with Gasteiger partial charge in [-0.1, -0.05) is 11.6 Å². The summed E-state index contributed by atoms with van der Waals surface area (Å²) in [6.07, 6.45) is 1.64. The molecular weight excluding hydrogens is 242 g/mol. The van der Waals surface area contributed by atoms with Crippen molar-refractivity contribution in [3.63, 3.8) is 0 Å². The van der Waals surface area contributed by atoms with Gasteiger partial charge in [0.25, 0.3) is 0 Å². The summed E-state index contributed by atoms with van der Waals surface area (Å²) in [4.78, 5) is 4.44. The van der Waals surface area contributed by atoms with Gasteiger partial charge in [0.2, 0.25) is 0 Å². The van der Waals surface area contributed by atoms with E-state index in [0.29, 0.717) is 25.0 Å². The van der Waals surface area contributed by atoms with E-state index in [1.54, 1.807) is 13.2 Å². The predicted octanol–water partition coefficient (Wildman–Crippen LogP) is 1.93. The lowest BCUT2D eigenvalue weighted by molar-refractivity contribution is -0.0669. The SMILES string of the molecule is COc1cc(Cl)nc2c1CCOC21CCOC1. The van der Waals surface area contributed by atoms with E-state index in [1.165, 1.54) is 0 Å². The van der Waals surface area contributed by atoms with Gasteiger partial charge in [0.15, 0.2) is 0 Å². The molecule has 3 rings (SSSR count). The predicted molar refractivity (Wildman–Crippen MR) is 62.6 cm³/mol. The van der Waals surface area contributed by atoms with Crippen LogP contribution in [0.4, 0.5) is 0 Å². The Hall–Kier alpha value is -0.840. The van der Waals surface area contributed by atoms with Crippen molar-refractivity contribution in [2.24, 2.45) is 0 Å². The fraction of sp³-hybridized carbons (Fsp3) is 0.583. The first kappa shape index (κ1) is 11.3. The zero-order valence-corrected chi connectivity index (χ0v) is 10.4. The van der Waals surface area contributed by atoms with Gasteiger partial charge >= 0.3 is 0 Å². The molecule has 2 aliphatic rings. The normalized spacial score (nSPS) is 27.2. The molecule has 1 atom stereocenters. The van der Waals surface area contributed by atoms with E-state index in [0.717, 1.165) is 29.8 Å². The lowest BCUT2D eigenvalue weighted by Gasteiger charge is -2.34. The van der Waals surface area contributed by atoms with E-state index >= 15 is 0 Å². The Morgan fingerprint density at radius 3 is 3.06 bits per heavy atom. The Morgan fingerprint density at radius 1 is 1.47 bits per heavy atom. The van der Waals surface area contributed by atoms with Crippen LogP contribution in [-0.2, 0) is 21.5 Å². The Morgan fingerprint density at radius 2 is 2.35 bits per heavy atom. The number of hydrogen-bond donors (Lipinski definition) is 0. The first-order valence-corrected chi connectivity index (χ1v) is 6.08. The molecule has 0 aliphatic carbocycles. The molecule has 1 fully saturated rings. The third kappa shape index (κ3) is 1.71. The lowest BCUT2D eigenvalue weighted by atomic mass is 9.90. The Labute approximate surface area is 105 Å². The average molecular weight is 256 g/mol. The van der Waals surface area contributed by atoms with Crippen molar-refractivity contribution in [3.05, 3.63) is 22.5 Å². The number of hydrogen-bond acceptors (Lipinski definition) is 4. The molecule has 0 N–H and O–H groups in total. The number of pyridine rings is 1. The molecule has 0 radical (unpaired) electrons. The summed E-state index contributed by atoms with van der Waals surface area (Å²) in [6.45, 7) is 1.93. The number of methoxy groups -OCH3 is 1. The summed E-state index contributed by atoms with van der Waals surface area (Å²) in [5, 5.41) is 0.442. The van der Waals surface area contributed by atoms with Gasteiger partial charge in [-0.05, 0) is 0 Å². The fourth-order valence-electron chi connectivity index (χ4n) is 2.58. The molecule has 1 aromatic heterocycles. The van der Waals surface area contributed by atoms with Crippen molar-refractivity contribution in [1.82, 2.24) is 4.98 Å². The van der Waals surface area contributed by atoms with E-state index in [9.17, 15) is 0 Å². The van der Waals surface area contributed by atoms with E-state index in [1.807, 2.05) is 0 Å². The lowest BCUT2D eigenvalue weighted by Crippen LogP contribution is -2.37. The zero-order valence-electron chi connectivity index (χ0n) is 9.66. The smallest absolute Gasteiger partial charge is 0.136 e. The second kappa shape index (κ2) is 4.12. The van der Waals surface area contributed by atoms with Crippen molar-refractivity contribution >= 4 is 11.6 Å². The summed E-state index contributed by atoms with van der Waals surface area (Å²) in [5.41, 5.74) is 1.59. The van der Waals surface area contributed by atoms with Crippen LogP contribution >= 0.6 is 11.6 Å². The highest BCUT2D eigenvalue weighted by molar-refractivity contribution is 6.29. The molecule has 5 heteroatoms. The van der Waals surface area contributed by atoms with Crippen molar-refractivity contribution in [1.29, 1.82) is 0 Å². The molecule has 3 heterocycles. The van der Waals surface area contributed by atoms with Gasteiger partial charge in [-0.2, -0.15) is 0 Å². The third-order valence-corrected chi connectivity index (χ3v) is 3.61. The molecule has 0 amide bonds. The molecule has 1 saturated heterocycles. The van der Waals surface area contributed by atoms with Crippen LogP contribution in [0.25, 0.3) is 0 Å². The summed E-state index contributed by atoms with van der Waals surface area (Å²) in [5.74, 6) is 0.801. The molecule has 1 spiro atoms. The van der Waals surface area contributed by atoms with E-state index in [4.69, 9.17) is 25.8 Å². The van der Waals surface area contributed by atoms with Crippen molar-refractivity contribution in [3.8, 4) is 5.75 Å². The van der Waals surface area contributed by atoms with E-state index in [-0.39, 0.29) is 0 Å². The molecular formula is C12H14ClNO3. The van der Waals surface area contributed by atoms with Crippen LogP contribution in [0.2, 0.25) is 5.15 Å². The van der Waals surface area contributed by atoms with Crippen LogP contribution in [0.3, 0.4) is 0 Å². The maximum Gasteiger partial charge on any atom is 0.136 e. The maximum absolute atomic E-state index is 6.03. The van der Waals surface area contributed by atoms with E-state index < -0.39 is 5.60 Å². The zero-order chi connectivity index (χ0) is 11.9. The number of nitrogens with zero attached hydrogens (tertiary/aromatic N) is 1. The van der Waals surface area contributed by atoms with Crippen LogP contribution in [0.15, 0.2) is 6.07 Å². The highest BCUT2D eigenvalue weighted by Gasteiger charge is 2.44. The molecule has 4 nitrogen and oxygen atoms in total.